The first-order chi connectivity index (χ1) is 10.7. The Morgan fingerprint density at radius 2 is 1.86 bits per heavy atom. The molecule has 0 saturated carbocycles. The predicted molar refractivity (Wildman–Crippen MR) is 94.7 cm³/mol. The molecular weight excluding hydrogens is 290 g/mol. The van der Waals surface area contributed by atoms with Gasteiger partial charge in [0, 0.05) is 10.4 Å². The summed E-state index contributed by atoms with van der Waals surface area (Å²) < 4.78 is 0. The molecule has 4 heteroatoms. The fourth-order valence-corrected chi connectivity index (χ4v) is 3.01. The summed E-state index contributed by atoms with van der Waals surface area (Å²) in [5.41, 5.74) is 7.46. The Balaban J connectivity index is 1.74. The fraction of sp³-hybridized carbons (Fsp3) is 0.111. The number of nitrogens with zero attached hydrogens (tertiary/aromatic N) is 2. The zero-order chi connectivity index (χ0) is 15.4. The van der Waals surface area contributed by atoms with Gasteiger partial charge in [-0.15, -0.1) is 11.3 Å². The molecule has 0 spiro atoms. The average Bonchev–Trinajstić information content (AvgIpc) is 2.89. The molecule has 22 heavy (non-hydrogen) atoms. The van der Waals surface area contributed by atoms with Gasteiger partial charge < -0.3 is 0 Å². The number of hydrogen-bond acceptors (Lipinski definition) is 4. The van der Waals surface area contributed by atoms with Crippen LogP contribution in [0.3, 0.4) is 0 Å². The van der Waals surface area contributed by atoms with Gasteiger partial charge in [0.25, 0.3) is 0 Å². The standard InChI is InChI=1S/C18H17N3S/c1-13-7-6-8-15(11-13)12-19-21-18-20-17(14(2)22-18)16-9-4-3-5-10-16/h3-12H,1-2H3,(H,20,21)/b19-12+. The van der Waals surface area contributed by atoms with Crippen LogP contribution in [0.25, 0.3) is 11.3 Å². The van der Waals surface area contributed by atoms with E-state index in [0.717, 1.165) is 22.0 Å². The maximum Gasteiger partial charge on any atom is 0.204 e. The topological polar surface area (TPSA) is 37.3 Å². The monoisotopic (exact) mass is 307 g/mol. The van der Waals surface area contributed by atoms with Crippen molar-refractivity contribution in [2.75, 3.05) is 5.43 Å². The van der Waals surface area contributed by atoms with Crippen LogP contribution >= 0.6 is 11.3 Å². The molecule has 0 atom stereocenters. The van der Waals surface area contributed by atoms with Gasteiger partial charge in [0.1, 0.15) is 0 Å². The van der Waals surface area contributed by atoms with Crippen molar-refractivity contribution < 1.29 is 0 Å². The van der Waals surface area contributed by atoms with Gasteiger partial charge in [-0.05, 0) is 19.4 Å². The molecule has 1 aromatic heterocycles. The molecule has 1 heterocycles. The number of aryl methyl sites for hydroxylation is 2. The maximum absolute atomic E-state index is 4.62. The molecule has 1 N–H and O–H groups in total. The van der Waals surface area contributed by atoms with Gasteiger partial charge in [-0.3, -0.25) is 5.43 Å². The van der Waals surface area contributed by atoms with Crippen molar-refractivity contribution in [1.82, 2.24) is 4.98 Å². The van der Waals surface area contributed by atoms with Crippen LogP contribution < -0.4 is 5.43 Å². The van der Waals surface area contributed by atoms with E-state index < -0.39 is 0 Å². The summed E-state index contributed by atoms with van der Waals surface area (Å²) in [4.78, 5) is 5.80. The number of rotatable bonds is 4. The molecule has 0 radical (unpaired) electrons. The number of hydrazone groups is 1. The van der Waals surface area contributed by atoms with E-state index in [1.807, 2.05) is 36.5 Å². The van der Waals surface area contributed by atoms with Crippen molar-refractivity contribution in [1.29, 1.82) is 0 Å². The van der Waals surface area contributed by atoms with Crippen molar-refractivity contribution in [3.63, 3.8) is 0 Å². The minimum Gasteiger partial charge on any atom is -0.253 e. The summed E-state index contributed by atoms with van der Waals surface area (Å²) in [6.07, 6.45) is 1.81. The molecule has 0 fully saturated rings. The average molecular weight is 307 g/mol. The molecule has 3 nitrogen and oxygen atoms in total. The van der Waals surface area contributed by atoms with Gasteiger partial charge in [-0.2, -0.15) is 5.10 Å². The van der Waals surface area contributed by atoms with Crippen LogP contribution in [0, 0.1) is 13.8 Å². The van der Waals surface area contributed by atoms with E-state index in [4.69, 9.17) is 0 Å². The van der Waals surface area contributed by atoms with E-state index >= 15 is 0 Å². The molecule has 2 aromatic carbocycles. The highest BCUT2D eigenvalue weighted by Gasteiger charge is 2.08. The van der Waals surface area contributed by atoms with E-state index in [9.17, 15) is 0 Å². The molecule has 3 aromatic rings. The zero-order valence-corrected chi connectivity index (χ0v) is 13.4. The lowest BCUT2D eigenvalue weighted by Crippen LogP contribution is -1.90. The summed E-state index contributed by atoms with van der Waals surface area (Å²) in [5.74, 6) is 0. The van der Waals surface area contributed by atoms with Crippen LogP contribution in [0.4, 0.5) is 5.13 Å². The van der Waals surface area contributed by atoms with Crippen LogP contribution in [-0.2, 0) is 0 Å². The third-order valence-electron chi connectivity index (χ3n) is 3.26. The summed E-state index contributed by atoms with van der Waals surface area (Å²) in [6.45, 7) is 4.15. The fourth-order valence-electron chi connectivity index (χ4n) is 2.22. The molecule has 0 amide bonds. The van der Waals surface area contributed by atoms with Gasteiger partial charge in [0.05, 0.1) is 11.9 Å². The van der Waals surface area contributed by atoms with Crippen molar-refractivity contribution in [2.45, 2.75) is 13.8 Å². The molecule has 0 saturated heterocycles. The Hall–Kier alpha value is -2.46. The SMILES string of the molecule is Cc1cccc(/C=N/Nc2nc(-c3ccccc3)c(C)s2)c1. The minimum atomic E-state index is 0.806. The number of nitrogens with one attached hydrogen (secondary N) is 1. The van der Waals surface area contributed by atoms with E-state index in [0.29, 0.717) is 0 Å². The van der Waals surface area contributed by atoms with Crippen LogP contribution in [0.5, 0.6) is 0 Å². The van der Waals surface area contributed by atoms with Gasteiger partial charge in [0.15, 0.2) is 0 Å². The predicted octanol–water partition coefficient (Wildman–Crippen LogP) is 4.87. The van der Waals surface area contributed by atoms with Gasteiger partial charge in [-0.1, -0.05) is 60.2 Å². The number of aromatic nitrogens is 1. The van der Waals surface area contributed by atoms with Crippen molar-refractivity contribution in [3.8, 4) is 11.3 Å². The number of hydrogen-bond donors (Lipinski definition) is 1. The van der Waals surface area contributed by atoms with Crippen molar-refractivity contribution in [3.05, 3.63) is 70.6 Å². The first-order valence-corrected chi connectivity index (χ1v) is 7.92. The normalized spacial score (nSPS) is 11.0. The Labute approximate surface area is 134 Å². The quantitative estimate of drug-likeness (QED) is 0.551. The summed E-state index contributed by atoms with van der Waals surface area (Å²) in [6, 6.07) is 18.4. The second kappa shape index (κ2) is 6.54. The smallest absolute Gasteiger partial charge is 0.204 e. The lowest BCUT2D eigenvalue weighted by molar-refractivity contribution is 1.28. The van der Waals surface area contributed by atoms with E-state index in [1.165, 1.54) is 10.4 Å². The summed E-state index contributed by atoms with van der Waals surface area (Å²) >= 11 is 1.61. The highest BCUT2D eigenvalue weighted by Crippen LogP contribution is 2.30. The molecule has 3 rings (SSSR count). The Bertz CT molecular complexity index is 791. The Morgan fingerprint density at radius 3 is 2.64 bits per heavy atom. The van der Waals surface area contributed by atoms with E-state index in [2.05, 4.69) is 53.6 Å². The minimum absolute atomic E-state index is 0.806. The molecule has 0 aliphatic rings. The zero-order valence-electron chi connectivity index (χ0n) is 12.6. The van der Waals surface area contributed by atoms with Gasteiger partial charge in [0.2, 0.25) is 5.13 Å². The first kappa shape index (κ1) is 14.5. The van der Waals surface area contributed by atoms with Gasteiger partial charge in [-0.25, -0.2) is 4.98 Å². The first-order valence-electron chi connectivity index (χ1n) is 7.11. The second-order valence-corrected chi connectivity index (χ2v) is 6.28. The Morgan fingerprint density at radius 1 is 1.05 bits per heavy atom. The van der Waals surface area contributed by atoms with Crippen LogP contribution in [-0.4, -0.2) is 11.2 Å². The number of benzene rings is 2. The van der Waals surface area contributed by atoms with E-state index in [-0.39, 0.29) is 0 Å². The van der Waals surface area contributed by atoms with Crippen molar-refractivity contribution >= 4 is 22.7 Å². The van der Waals surface area contributed by atoms with E-state index in [1.54, 1.807) is 11.3 Å². The maximum atomic E-state index is 4.62. The van der Waals surface area contributed by atoms with Crippen LogP contribution in [0.1, 0.15) is 16.0 Å². The lowest BCUT2D eigenvalue weighted by atomic mass is 10.1. The largest absolute Gasteiger partial charge is 0.253 e. The molecule has 110 valence electrons. The second-order valence-electron chi connectivity index (χ2n) is 5.07. The highest BCUT2D eigenvalue weighted by atomic mass is 32.1. The molecule has 0 bridgehead atoms. The molecule has 0 aliphatic heterocycles. The third kappa shape index (κ3) is 3.40. The molecule has 0 unspecified atom stereocenters. The summed E-state index contributed by atoms with van der Waals surface area (Å²) in [5, 5.41) is 5.08. The molecular formula is C18H17N3S. The van der Waals surface area contributed by atoms with Crippen LogP contribution in [0.15, 0.2) is 59.7 Å². The molecule has 0 aliphatic carbocycles. The van der Waals surface area contributed by atoms with Crippen molar-refractivity contribution in [2.24, 2.45) is 5.10 Å². The lowest BCUT2D eigenvalue weighted by Gasteiger charge is -1.97. The summed E-state index contributed by atoms with van der Waals surface area (Å²) in [7, 11) is 0. The van der Waals surface area contributed by atoms with Gasteiger partial charge >= 0.3 is 0 Å². The Kier molecular flexibility index (Phi) is 4.30. The highest BCUT2D eigenvalue weighted by molar-refractivity contribution is 7.15. The third-order valence-corrected chi connectivity index (χ3v) is 4.14. The number of thiazole rings is 1. The number of anilines is 1. The van der Waals surface area contributed by atoms with Crippen LogP contribution in [0.2, 0.25) is 0 Å².